The summed E-state index contributed by atoms with van der Waals surface area (Å²) < 4.78 is 11.0. The van der Waals surface area contributed by atoms with Crippen LogP contribution in [-0.4, -0.2) is 26.4 Å². The Labute approximate surface area is 88.0 Å². The van der Waals surface area contributed by atoms with Crippen molar-refractivity contribution >= 4 is 0 Å². The van der Waals surface area contributed by atoms with E-state index >= 15 is 0 Å². The zero-order chi connectivity index (χ0) is 10.2. The maximum atomic E-state index is 5.48. The predicted molar refractivity (Wildman–Crippen MR) is 58.4 cm³/mol. The summed E-state index contributed by atoms with van der Waals surface area (Å²) in [4.78, 5) is 0. The molecule has 0 aliphatic heterocycles. The van der Waals surface area contributed by atoms with Crippen LogP contribution in [0.4, 0.5) is 0 Å². The molecule has 84 valence electrons. The molecule has 1 aliphatic carbocycles. The lowest BCUT2D eigenvalue weighted by molar-refractivity contribution is 0.0493. The summed E-state index contributed by atoms with van der Waals surface area (Å²) >= 11 is 0. The quantitative estimate of drug-likeness (QED) is 0.656. The normalized spacial score (nSPS) is 27.9. The lowest BCUT2D eigenvalue weighted by atomic mass is 9.82. The monoisotopic (exact) mass is 200 g/mol. The molecular weight excluding hydrogens is 176 g/mol. The first-order valence-electron chi connectivity index (χ1n) is 6.02. The largest absolute Gasteiger partial charge is 0.381 e. The minimum Gasteiger partial charge on any atom is -0.381 e. The van der Waals surface area contributed by atoms with Gasteiger partial charge in [0.25, 0.3) is 0 Å². The van der Waals surface area contributed by atoms with Crippen molar-refractivity contribution in [2.75, 3.05) is 26.4 Å². The Morgan fingerprint density at radius 1 is 0.929 bits per heavy atom. The molecule has 0 unspecified atom stereocenters. The fourth-order valence-electron chi connectivity index (χ4n) is 2.27. The van der Waals surface area contributed by atoms with Crippen molar-refractivity contribution in [1.82, 2.24) is 0 Å². The van der Waals surface area contributed by atoms with E-state index in [0.717, 1.165) is 38.3 Å². The zero-order valence-electron chi connectivity index (χ0n) is 9.63. The van der Waals surface area contributed by atoms with Crippen molar-refractivity contribution in [3.63, 3.8) is 0 Å². The van der Waals surface area contributed by atoms with E-state index in [2.05, 4.69) is 13.8 Å². The molecule has 0 spiro atoms. The van der Waals surface area contributed by atoms with Gasteiger partial charge in [0.15, 0.2) is 0 Å². The Kier molecular flexibility index (Phi) is 6.20. The lowest BCUT2D eigenvalue weighted by Gasteiger charge is -2.28. The second-order valence-corrected chi connectivity index (χ2v) is 4.22. The van der Waals surface area contributed by atoms with Gasteiger partial charge in [0.2, 0.25) is 0 Å². The molecule has 0 saturated heterocycles. The van der Waals surface area contributed by atoms with Gasteiger partial charge in [-0.3, -0.25) is 0 Å². The first-order chi connectivity index (χ1) is 6.86. The van der Waals surface area contributed by atoms with Gasteiger partial charge in [0, 0.05) is 26.4 Å². The summed E-state index contributed by atoms with van der Waals surface area (Å²) in [7, 11) is 0. The molecule has 2 nitrogen and oxygen atoms in total. The van der Waals surface area contributed by atoms with Crippen LogP contribution in [0.3, 0.4) is 0 Å². The van der Waals surface area contributed by atoms with Crippen molar-refractivity contribution in [1.29, 1.82) is 0 Å². The van der Waals surface area contributed by atoms with Gasteiger partial charge in [0.1, 0.15) is 0 Å². The van der Waals surface area contributed by atoms with Gasteiger partial charge in [-0.15, -0.1) is 0 Å². The highest BCUT2D eigenvalue weighted by molar-refractivity contribution is 4.72. The first-order valence-corrected chi connectivity index (χ1v) is 6.02. The summed E-state index contributed by atoms with van der Waals surface area (Å²) in [6, 6.07) is 0. The first kappa shape index (κ1) is 12.0. The van der Waals surface area contributed by atoms with Crippen LogP contribution in [0.2, 0.25) is 0 Å². The van der Waals surface area contributed by atoms with Gasteiger partial charge in [-0.2, -0.15) is 0 Å². The molecule has 1 aliphatic rings. The van der Waals surface area contributed by atoms with Crippen molar-refractivity contribution in [2.45, 2.75) is 39.5 Å². The minimum atomic E-state index is 0.786. The van der Waals surface area contributed by atoms with Crippen LogP contribution in [0, 0.1) is 11.8 Å². The Hall–Kier alpha value is -0.0800. The molecule has 0 aromatic carbocycles. The van der Waals surface area contributed by atoms with Crippen LogP contribution in [0.5, 0.6) is 0 Å². The van der Waals surface area contributed by atoms with Gasteiger partial charge in [-0.05, 0) is 44.9 Å². The summed E-state index contributed by atoms with van der Waals surface area (Å²) in [5.41, 5.74) is 0. The zero-order valence-corrected chi connectivity index (χ0v) is 9.63. The number of ether oxygens (including phenoxy) is 2. The molecule has 2 heteroatoms. The Balaban J connectivity index is 2.14. The summed E-state index contributed by atoms with van der Waals surface area (Å²) in [6.07, 6.45) is 5.36. The summed E-state index contributed by atoms with van der Waals surface area (Å²) in [5.74, 6) is 1.57. The molecule has 2 atom stereocenters. The summed E-state index contributed by atoms with van der Waals surface area (Å²) in [5, 5.41) is 0. The molecule has 1 fully saturated rings. The highest BCUT2D eigenvalue weighted by atomic mass is 16.5. The van der Waals surface area contributed by atoms with Crippen molar-refractivity contribution in [2.24, 2.45) is 11.8 Å². The van der Waals surface area contributed by atoms with Crippen LogP contribution >= 0.6 is 0 Å². The van der Waals surface area contributed by atoms with Crippen molar-refractivity contribution in [3.8, 4) is 0 Å². The van der Waals surface area contributed by atoms with Crippen molar-refractivity contribution < 1.29 is 9.47 Å². The SMILES string of the molecule is CCOC[C@H]1CCC[C@@H](COCC)C1. The summed E-state index contributed by atoms with van der Waals surface area (Å²) in [6.45, 7) is 7.76. The average Bonchev–Trinajstić information content (AvgIpc) is 2.24. The molecule has 0 bridgehead atoms. The van der Waals surface area contributed by atoms with Gasteiger partial charge in [-0.25, -0.2) is 0 Å². The van der Waals surface area contributed by atoms with Crippen molar-refractivity contribution in [3.05, 3.63) is 0 Å². The van der Waals surface area contributed by atoms with Gasteiger partial charge >= 0.3 is 0 Å². The third kappa shape index (κ3) is 4.43. The molecule has 0 radical (unpaired) electrons. The third-order valence-electron chi connectivity index (χ3n) is 3.01. The van der Waals surface area contributed by atoms with Crippen LogP contribution in [0.25, 0.3) is 0 Å². The molecule has 0 heterocycles. The number of hydrogen-bond acceptors (Lipinski definition) is 2. The lowest BCUT2D eigenvalue weighted by Crippen LogP contribution is -2.23. The molecule has 0 aromatic rings. The van der Waals surface area contributed by atoms with E-state index in [1.165, 1.54) is 25.7 Å². The van der Waals surface area contributed by atoms with E-state index < -0.39 is 0 Å². The maximum absolute atomic E-state index is 5.48. The molecule has 14 heavy (non-hydrogen) atoms. The molecular formula is C12H24O2. The Morgan fingerprint density at radius 3 is 1.86 bits per heavy atom. The van der Waals surface area contributed by atoms with Gasteiger partial charge in [0.05, 0.1) is 0 Å². The smallest absolute Gasteiger partial charge is 0.0494 e. The van der Waals surface area contributed by atoms with Gasteiger partial charge < -0.3 is 9.47 Å². The van der Waals surface area contributed by atoms with Crippen LogP contribution in [-0.2, 0) is 9.47 Å². The molecule has 1 saturated carbocycles. The average molecular weight is 200 g/mol. The van der Waals surface area contributed by atoms with Gasteiger partial charge in [-0.1, -0.05) is 6.42 Å². The van der Waals surface area contributed by atoms with E-state index in [1.807, 2.05) is 0 Å². The fourth-order valence-corrected chi connectivity index (χ4v) is 2.27. The van der Waals surface area contributed by atoms with E-state index in [4.69, 9.17) is 9.47 Å². The Bertz CT molecular complexity index is 122. The number of rotatable bonds is 6. The topological polar surface area (TPSA) is 18.5 Å². The maximum Gasteiger partial charge on any atom is 0.0494 e. The van der Waals surface area contributed by atoms with Crippen LogP contribution in [0.1, 0.15) is 39.5 Å². The molecule has 1 rings (SSSR count). The number of hydrogen-bond donors (Lipinski definition) is 0. The van der Waals surface area contributed by atoms with E-state index in [0.29, 0.717) is 0 Å². The highest BCUT2D eigenvalue weighted by Gasteiger charge is 2.21. The Morgan fingerprint density at radius 2 is 1.43 bits per heavy atom. The van der Waals surface area contributed by atoms with Crippen LogP contribution in [0.15, 0.2) is 0 Å². The molecule has 0 amide bonds. The van der Waals surface area contributed by atoms with E-state index in [1.54, 1.807) is 0 Å². The second-order valence-electron chi connectivity index (χ2n) is 4.22. The minimum absolute atomic E-state index is 0.786. The van der Waals surface area contributed by atoms with Crippen LogP contribution < -0.4 is 0 Å². The van der Waals surface area contributed by atoms with E-state index in [9.17, 15) is 0 Å². The standard InChI is InChI=1S/C12H24O2/c1-3-13-9-11-6-5-7-12(8-11)10-14-4-2/h11-12H,3-10H2,1-2H3/t11-,12+. The predicted octanol–water partition coefficient (Wildman–Crippen LogP) is 2.87. The highest BCUT2D eigenvalue weighted by Crippen LogP contribution is 2.29. The molecule has 0 aromatic heterocycles. The van der Waals surface area contributed by atoms with E-state index in [-0.39, 0.29) is 0 Å². The molecule has 0 N–H and O–H groups in total. The second kappa shape index (κ2) is 7.24. The third-order valence-corrected chi connectivity index (χ3v) is 3.01. The fraction of sp³-hybridized carbons (Fsp3) is 1.00.